The first-order chi connectivity index (χ1) is 6.02. The van der Waals surface area contributed by atoms with Crippen molar-refractivity contribution < 1.29 is 4.79 Å². The first kappa shape index (κ1) is 9.34. The van der Waals surface area contributed by atoms with Crippen LogP contribution in [-0.4, -0.2) is 40.1 Å². The average Bonchev–Trinajstić information content (AvgIpc) is 2.34. The molecule has 0 radical (unpaired) electrons. The highest BCUT2D eigenvalue weighted by atomic mass is 32.2. The van der Waals surface area contributed by atoms with E-state index in [0.717, 1.165) is 5.75 Å². The van der Waals surface area contributed by atoms with Crippen LogP contribution in [0.4, 0.5) is 0 Å². The number of amides is 1. The van der Waals surface area contributed by atoms with Gasteiger partial charge < -0.3 is 4.90 Å². The quantitative estimate of drug-likeness (QED) is 0.675. The van der Waals surface area contributed by atoms with Gasteiger partial charge in [-0.1, -0.05) is 0 Å². The molecule has 3 nitrogen and oxygen atoms in total. The van der Waals surface area contributed by atoms with E-state index >= 15 is 0 Å². The molecule has 2 unspecified atom stereocenters. The maximum Gasteiger partial charge on any atom is 0.238 e. The van der Waals surface area contributed by atoms with Crippen LogP contribution in [0, 0.1) is 0 Å². The minimum absolute atomic E-state index is 0.220. The van der Waals surface area contributed by atoms with Gasteiger partial charge in [-0.05, 0) is 20.8 Å². The normalized spacial score (nSPS) is 37.8. The van der Waals surface area contributed by atoms with Crippen molar-refractivity contribution in [3.63, 3.8) is 0 Å². The Hall–Kier alpha value is -0.220. The van der Waals surface area contributed by atoms with Gasteiger partial charge in [-0.15, -0.1) is 0 Å². The third-order valence-corrected chi connectivity index (χ3v) is 4.50. The SMILES string of the molecule is CC1NCC(=O)N1C1CSC1(C)C. The van der Waals surface area contributed by atoms with Crippen LogP contribution in [0.2, 0.25) is 0 Å². The summed E-state index contributed by atoms with van der Waals surface area (Å²) >= 11 is 1.94. The fraction of sp³-hybridized carbons (Fsp3) is 0.889. The highest BCUT2D eigenvalue weighted by Gasteiger charge is 2.47. The Labute approximate surface area is 83.2 Å². The summed E-state index contributed by atoms with van der Waals surface area (Å²) < 4.78 is 0.246. The fourth-order valence-electron chi connectivity index (χ4n) is 1.99. The summed E-state index contributed by atoms with van der Waals surface area (Å²) in [5.41, 5.74) is 0. The molecule has 2 atom stereocenters. The number of rotatable bonds is 1. The zero-order valence-electron chi connectivity index (χ0n) is 8.33. The van der Waals surface area contributed by atoms with Crippen molar-refractivity contribution in [2.24, 2.45) is 0 Å². The van der Waals surface area contributed by atoms with Gasteiger partial charge in [0.25, 0.3) is 0 Å². The van der Waals surface area contributed by atoms with Crippen molar-refractivity contribution in [3.05, 3.63) is 0 Å². The van der Waals surface area contributed by atoms with E-state index in [1.807, 2.05) is 16.7 Å². The molecule has 13 heavy (non-hydrogen) atoms. The van der Waals surface area contributed by atoms with Crippen LogP contribution in [0.5, 0.6) is 0 Å². The summed E-state index contributed by atoms with van der Waals surface area (Å²) in [4.78, 5) is 13.6. The van der Waals surface area contributed by atoms with Gasteiger partial charge in [0, 0.05) is 10.5 Å². The third-order valence-electron chi connectivity index (χ3n) is 3.01. The third kappa shape index (κ3) is 1.36. The Bertz CT molecular complexity index is 242. The van der Waals surface area contributed by atoms with E-state index < -0.39 is 0 Å². The van der Waals surface area contributed by atoms with Crippen molar-refractivity contribution in [1.29, 1.82) is 0 Å². The molecule has 0 aromatic carbocycles. The Morgan fingerprint density at radius 1 is 1.62 bits per heavy atom. The summed E-state index contributed by atoms with van der Waals surface area (Å²) in [6.45, 7) is 7.00. The molecular weight excluding hydrogens is 184 g/mol. The number of carbonyl (C=O) groups is 1. The van der Waals surface area contributed by atoms with Gasteiger partial charge in [-0.25, -0.2) is 0 Å². The second-order valence-corrected chi connectivity index (χ2v) is 5.96. The van der Waals surface area contributed by atoms with Crippen LogP contribution in [0.3, 0.4) is 0 Å². The van der Waals surface area contributed by atoms with E-state index in [-0.39, 0.29) is 16.8 Å². The van der Waals surface area contributed by atoms with Crippen molar-refractivity contribution in [1.82, 2.24) is 10.2 Å². The zero-order chi connectivity index (χ0) is 9.64. The molecule has 0 saturated carbocycles. The molecule has 2 rings (SSSR count). The number of nitrogens with one attached hydrogen (secondary N) is 1. The van der Waals surface area contributed by atoms with Gasteiger partial charge in [-0.2, -0.15) is 11.8 Å². The predicted molar refractivity (Wildman–Crippen MR) is 54.6 cm³/mol. The first-order valence-corrected chi connectivity index (χ1v) is 5.69. The van der Waals surface area contributed by atoms with E-state index in [4.69, 9.17) is 0 Å². The number of carbonyl (C=O) groups excluding carboxylic acids is 1. The molecule has 2 aliphatic rings. The Kier molecular flexibility index (Phi) is 2.07. The van der Waals surface area contributed by atoms with Gasteiger partial charge in [0.2, 0.25) is 5.91 Å². The second kappa shape index (κ2) is 2.89. The maximum absolute atomic E-state index is 11.6. The number of hydrogen-bond donors (Lipinski definition) is 1. The van der Waals surface area contributed by atoms with Crippen LogP contribution in [0.15, 0.2) is 0 Å². The topological polar surface area (TPSA) is 32.3 Å². The van der Waals surface area contributed by atoms with Crippen LogP contribution < -0.4 is 5.32 Å². The summed E-state index contributed by atoms with van der Waals surface area (Å²) in [6, 6.07) is 0.426. The first-order valence-electron chi connectivity index (χ1n) is 4.71. The standard InChI is InChI=1S/C9H16N2OS/c1-6-10-4-8(12)11(6)7-5-13-9(7,2)3/h6-7,10H,4-5H2,1-3H3. The highest BCUT2D eigenvalue weighted by molar-refractivity contribution is 8.02. The van der Waals surface area contributed by atoms with Crippen molar-refractivity contribution in [2.45, 2.75) is 37.7 Å². The molecule has 2 fully saturated rings. The van der Waals surface area contributed by atoms with Crippen molar-refractivity contribution >= 4 is 17.7 Å². The van der Waals surface area contributed by atoms with Crippen LogP contribution in [-0.2, 0) is 4.79 Å². The number of hydrogen-bond acceptors (Lipinski definition) is 3. The molecule has 74 valence electrons. The minimum atomic E-state index is 0.220. The molecule has 0 aliphatic carbocycles. The lowest BCUT2D eigenvalue weighted by Crippen LogP contribution is -2.59. The minimum Gasteiger partial charge on any atom is -0.321 e. The van der Waals surface area contributed by atoms with Gasteiger partial charge in [0.15, 0.2) is 0 Å². The van der Waals surface area contributed by atoms with Crippen LogP contribution in [0.25, 0.3) is 0 Å². The summed E-state index contributed by atoms with van der Waals surface area (Å²) in [6.07, 6.45) is 0.220. The Balaban J connectivity index is 2.12. The molecule has 2 heterocycles. The zero-order valence-corrected chi connectivity index (χ0v) is 9.15. The number of nitrogens with zero attached hydrogens (tertiary/aromatic N) is 1. The molecule has 0 aromatic rings. The van der Waals surface area contributed by atoms with Crippen molar-refractivity contribution in [2.75, 3.05) is 12.3 Å². The molecular formula is C9H16N2OS. The van der Waals surface area contributed by atoms with Crippen LogP contribution in [0.1, 0.15) is 20.8 Å². The van der Waals surface area contributed by atoms with E-state index in [0.29, 0.717) is 12.6 Å². The van der Waals surface area contributed by atoms with Gasteiger partial charge in [0.1, 0.15) is 0 Å². The Morgan fingerprint density at radius 3 is 2.62 bits per heavy atom. The molecule has 1 N–H and O–H groups in total. The Morgan fingerprint density at radius 2 is 2.31 bits per heavy atom. The smallest absolute Gasteiger partial charge is 0.238 e. The average molecular weight is 200 g/mol. The van der Waals surface area contributed by atoms with E-state index in [2.05, 4.69) is 26.1 Å². The van der Waals surface area contributed by atoms with E-state index in [1.54, 1.807) is 0 Å². The monoisotopic (exact) mass is 200 g/mol. The second-order valence-electron chi connectivity index (χ2n) is 4.29. The molecule has 0 bridgehead atoms. The fourth-order valence-corrected chi connectivity index (χ4v) is 3.25. The van der Waals surface area contributed by atoms with Gasteiger partial charge in [-0.3, -0.25) is 10.1 Å². The molecule has 2 aliphatic heterocycles. The lowest BCUT2D eigenvalue weighted by Gasteiger charge is -2.49. The molecule has 1 amide bonds. The van der Waals surface area contributed by atoms with Crippen LogP contribution >= 0.6 is 11.8 Å². The van der Waals surface area contributed by atoms with Gasteiger partial charge >= 0.3 is 0 Å². The molecule has 4 heteroatoms. The highest BCUT2D eigenvalue weighted by Crippen LogP contribution is 2.44. The lowest BCUT2D eigenvalue weighted by molar-refractivity contribution is -0.130. The predicted octanol–water partition coefficient (Wildman–Crippen LogP) is 0.658. The molecule has 0 aromatic heterocycles. The van der Waals surface area contributed by atoms with E-state index in [1.165, 1.54) is 0 Å². The van der Waals surface area contributed by atoms with E-state index in [9.17, 15) is 4.79 Å². The summed E-state index contributed by atoms with van der Waals surface area (Å²) in [5.74, 6) is 1.34. The van der Waals surface area contributed by atoms with Gasteiger partial charge in [0.05, 0.1) is 18.8 Å². The largest absolute Gasteiger partial charge is 0.321 e. The number of thioether (sulfide) groups is 1. The van der Waals surface area contributed by atoms with Crippen molar-refractivity contribution in [3.8, 4) is 0 Å². The lowest BCUT2D eigenvalue weighted by atomic mass is 10.0. The molecule has 0 spiro atoms. The summed E-state index contributed by atoms with van der Waals surface area (Å²) in [5, 5.41) is 3.17. The summed E-state index contributed by atoms with van der Waals surface area (Å²) in [7, 11) is 0. The molecule has 2 saturated heterocycles. The maximum atomic E-state index is 11.6.